The Hall–Kier alpha value is -0.963. The normalized spacial score (nSPS) is 22.4. The highest BCUT2D eigenvalue weighted by Crippen LogP contribution is 2.31. The number of hydrogen-bond acceptors (Lipinski definition) is 5. The van der Waals surface area contributed by atoms with Crippen molar-refractivity contribution in [1.82, 2.24) is 5.32 Å². The zero-order valence-corrected chi connectivity index (χ0v) is 16.9. The van der Waals surface area contributed by atoms with Crippen LogP contribution in [0.4, 0.5) is 0 Å². The van der Waals surface area contributed by atoms with Gasteiger partial charge in [-0.1, -0.05) is 19.8 Å². The van der Waals surface area contributed by atoms with Crippen molar-refractivity contribution in [2.24, 2.45) is 11.8 Å². The molecule has 1 saturated carbocycles. The molecule has 3 unspecified atom stereocenters. The summed E-state index contributed by atoms with van der Waals surface area (Å²) in [6.07, 6.45) is 3.49. The van der Waals surface area contributed by atoms with Gasteiger partial charge in [-0.3, -0.25) is 9.59 Å². The average Bonchev–Trinajstić information content (AvgIpc) is 2.59. The summed E-state index contributed by atoms with van der Waals surface area (Å²) in [6, 6.07) is 0. The van der Waals surface area contributed by atoms with Crippen LogP contribution in [0.25, 0.3) is 0 Å². The summed E-state index contributed by atoms with van der Waals surface area (Å²) in [5.41, 5.74) is -0.378. The summed E-state index contributed by atoms with van der Waals surface area (Å²) in [5, 5.41) is 12.4. The number of hydrogen-bond donors (Lipinski definition) is 2. The van der Waals surface area contributed by atoms with Crippen LogP contribution < -0.4 is 5.32 Å². The predicted octanol–water partition coefficient (Wildman–Crippen LogP) is 2.36. The monoisotopic (exact) mass is 375 g/mol. The molecule has 1 aliphatic carbocycles. The molecule has 1 amide bonds. The van der Waals surface area contributed by atoms with Crippen LogP contribution in [-0.4, -0.2) is 51.3 Å². The zero-order chi connectivity index (χ0) is 18.9. The molecule has 0 saturated heterocycles. The Labute approximate surface area is 151 Å². The van der Waals surface area contributed by atoms with Crippen molar-refractivity contribution < 1.29 is 28.0 Å². The van der Waals surface area contributed by atoms with Crippen LogP contribution in [0.5, 0.6) is 0 Å². The first-order valence-electron chi connectivity index (χ1n) is 9.40. The van der Waals surface area contributed by atoms with E-state index in [1.807, 2.05) is 27.7 Å². The Bertz CT molecular complexity index is 416. The standard InChI is InChI=1S/C17H33NO6Si/c1-5-15(25(22-6-2,23-7-3)24-8-4)18-16(19)13-11-9-10-12-14(13)17(20)21/h13-15H,5-12H2,1-4H3,(H,18,19)(H,20,21). The van der Waals surface area contributed by atoms with Gasteiger partial charge in [0.2, 0.25) is 5.91 Å². The molecule has 1 aliphatic rings. The third-order valence-electron chi connectivity index (χ3n) is 4.61. The number of carbonyl (C=O) groups is 2. The van der Waals surface area contributed by atoms with E-state index < -0.39 is 26.6 Å². The molecule has 25 heavy (non-hydrogen) atoms. The quantitative estimate of drug-likeness (QED) is 0.539. The maximum absolute atomic E-state index is 12.8. The second-order valence-corrected chi connectivity index (χ2v) is 8.98. The molecule has 0 radical (unpaired) electrons. The SMILES string of the molecule is CCO[Si](OCC)(OCC)C(CC)NC(=O)C1CCCCC1C(=O)O. The number of carbonyl (C=O) groups excluding carboxylic acids is 1. The zero-order valence-electron chi connectivity index (χ0n) is 15.9. The fourth-order valence-corrected chi connectivity index (χ4v) is 6.37. The molecular formula is C17H33NO6Si. The molecule has 0 aromatic carbocycles. The lowest BCUT2D eigenvalue weighted by Crippen LogP contribution is -2.63. The molecule has 8 heteroatoms. The Kier molecular flexibility index (Phi) is 9.63. The van der Waals surface area contributed by atoms with Crippen LogP contribution in [0, 0.1) is 11.8 Å². The molecular weight excluding hydrogens is 342 g/mol. The lowest BCUT2D eigenvalue weighted by molar-refractivity contribution is -0.149. The Morgan fingerprint density at radius 3 is 1.88 bits per heavy atom. The van der Waals surface area contributed by atoms with Gasteiger partial charge >= 0.3 is 14.8 Å². The van der Waals surface area contributed by atoms with Crippen LogP contribution in [0.3, 0.4) is 0 Å². The maximum Gasteiger partial charge on any atom is 0.524 e. The third kappa shape index (κ3) is 5.77. The van der Waals surface area contributed by atoms with E-state index in [0.717, 1.165) is 12.8 Å². The fraction of sp³-hybridized carbons (Fsp3) is 0.882. The smallest absolute Gasteiger partial charge is 0.481 e. The minimum atomic E-state index is -3.08. The minimum absolute atomic E-state index is 0.227. The molecule has 1 rings (SSSR count). The van der Waals surface area contributed by atoms with E-state index in [-0.39, 0.29) is 11.6 Å². The molecule has 0 bridgehead atoms. The van der Waals surface area contributed by atoms with Crippen molar-refractivity contribution >= 4 is 20.7 Å². The van der Waals surface area contributed by atoms with Crippen molar-refractivity contribution in [3.8, 4) is 0 Å². The summed E-state index contributed by atoms with van der Waals surface area (Å²) >= 11 is 0. The first-order valence-corrected chi connectivity index (χ1v) is 11.2. The van der Waals surface area contributed by atoms with Gasteiger partial charge in [-0.15, -0.1) is 0 Å². The number of rotatable bonds is 11. The van der Waals surface area contributed by atoms with Crippen molar-refractivity contribution in [1.29, 1.82) is 0 Å². The number of nitrogens with one attached hydrogen (secondary N) is 1. The second-order valence-electron chi connectivity index (χ2n) is 6.21. The summed E-state index contributed by atoms with van der Waals surface area (Å²) in [7, 11) is -3.08. The maximum atomic E-state index is 12.8. The topological polar surface area (TPSA) is 94.1 Å². The van der Waals surface area contributed by atoms with E-state index in [1.165, 1.54) is 0 Å². The van der Waals surface area contributed by atoms with E-state index in [9.17, 15) is 14.7 Å². The molecule has 0 aromatic heterocycles. The van der Waals surface area contributed by atoms with Crippen molar-refractivity contribution in [3.63, 3.8) is 0 Å². The van der Waals surface area contributed by atoms with Gasteiger partial charge < -0.3 is 23.7 Å². The summed E-state index contributed by atoms with van der Waals surface area (Å²) in [4.78, 5) is 24.3. The lowest BCUT2D eigenvalue weighted by Gasteiger charge is -2.36. The Balaban J connectivity index is 2.95. The third-order valence-corrected chi connectivity index (χ3v) is 8.09. The molecule has 7 nitrogen and oxygen atoms in total. The van der Waals surface area contributed by atoms with Crippen molar-refractivity contribution in [2.75, 3.05) is 19.8 Å². The van der Waals surface area contributed by atoms with Gasteiger partial charge in [0.05, 0.1) is 17.5 Å². The summed E-state index contributed by atoms with van der Waals surface area (Å²) < 4.78 is 17.7. The van der Waals surface area contributed by atoms with Crippen LogP contribution in [0.15, 0.2) is 0 Å². The van der Waals surface area contributed by atoms with Crippen LogP contribution >= 0.6 is 0 Å². The van der Waals surface area contributed by atoms with E-state index in [4.69, 9.17) is 13.3 Å². The lowest BCUT2D eigenvalue weighted by atomic mass is 9.78. The van der Waals surface area contributed by atoms with Gasteiger partial charge in [-0.25, -0.2) is 0 Å². The molecule has 0 aliphatic heterocycles. The largest absolute Gasteiger partial charge is 0.524 e. The van der Waals surface area contributed by atoms with E-state index in [1.54, 1.807) is 0 Å². The van der Waals surface area contributed by atoms with Gasteiger partial charge in [-0.05, 0) is 40.0 Å². The van der Waals surface area contributed by atoms with Crippen molar-refractivity contribution in [2.45, 2.75) is 65.5 Å². The average molecular weight is 376 g/mol. The Morgan fingerprint density at radius 2 is 1.48 bits per heavy atom. The van der Waals surface area contributed by atoms with Gasteiger partial charge in [-0.2, -0.15) is 0 Å². The number of amides is 1. The molecule has 0 heterocycles. The van der Waals surface area contributed by atoms with E-state index >= 15 is 0 Å². The first kappa shape index (κ1) is 22.1. The van der Waals surface area contributed by atoms with Crippen LogP contribution in [-0.2, 0) is 22.9 Å². The molecule has 3 atom stereocenters. The highest BCUT2D eigenvalue weighted by Gasteiger charge is 2.50. The predicted molar refractivity (Wildman–Crippen MR) is 95.9 cm³/mol. The van der Waals surface area contributed by atoms with Gasteiger partial charge in [0, 0.05) is 19.8 Å². The summed E-state index contributed by atoms with van der Waals surface area (Å²) in [6.45, 7) is 8.85. The van der Waals surface area contributed by atoms with Gasteiger partial charge in [0.1, 0.15) is 0 Å². The molecule has 0 spiro atoms. The fourth-order valence-electron chi connectivity index (χ4n) is 3.49. The van der Waals surface area contributed by atoms with Gasteiger partial charge in [0.15, 0.2) is 0 Å². The van der Waals surface area contributed by atoms with E-state index in [2.05, 4.69) is 5.32 Å². The molecule has 146 valence electrons. The van der Waals surface area contributed by atoms with Crippen LogP contribution in [0.1, 0.15) is 59.8 Å². The van der Waals surface area contributed by atoms with Crippen molar-refractivity contribution in [3.05, 3.63) is 0 Å². The molecule has 0 aromatic rings. The summed E-state index contributed by atoms with van der Waals surface area (Å²) in [5.74, 6) is -2.24. The Morgan fingerprint density at radius 1 is 1.00 bits per heavy atom. The minimum Gasteiger partial charge on any atom is -0.481 e. The number of carboxylic acids is 1. The van der Waals surface area contributed by atoms with Crippen LogP contribution in [0.2, 0.25) is 0 Å². The van der Waals surface area contributed by atoms with Gasteiger partial charge in [0.25, 0.3) is 0 Å². The highest BCUT2D eigenvalue weighted by atomic mass is 28.4. The second kappa shape index (κ2) is 10.9. The first-order chi connectivity index (χ1) is 12.0. The van der Waals surface area contributed by atoms with E-state index in [0.29, 0.717) is 39.1 Å². The molecule has 1 fully saturated rings. The number of carboxylic acid groups (broad SMARTS) is 1. The number of aliphatic carboxylic acids is 1. The highest BCUT2D eigenvalue weighted by molar-refractivity contribution is 6.62. The molecule has 2 N–H and O–H groups in total.